The van der Waals surface area contributed by atoms with E-state index in [2.05, 4.69) is 5.32 Å². The van der Waals surface area contributed by atoms with E-state index in [0.29, 0.717) is 12.2 Å². The van der Waals surface area contributed by atoms with E-state index in [1.807, 2.05) is 16.7 Å². The van der Waals surface area contributed by atoms with E-state index in [1.165, 1.54) is 12.1 Å². The summed E-state index contributed by atoms with van der Waals surface area (Å²) >= 11 is 5.91. The molecule has 1 amide bonds. The molecule has 6 nitrogen and oxygen atoms in total. The maximum Gasteiger partial charge on any atom is 0.317 e. The number of amides is 1. The number of nitrogens with zero attached hydrogens (tertiary/aromatic N) is 2. The zero-order valence-electron chi connectivity index (χ0n) is 14.6. The number of nitrogens with one attached hydrogen (secondary N) is 1. The second kappa shape index (κ2) is 10.7. The van der Waals surface area contributed by atoms with Crippen LogP contribution in [-0.2, 0) is 9.59 Å². The van der Waals surface area contributed by atoms with Crippen LogP contribution in [0.2, 0.25) is 5.02 Å². The normalized spacial score (nSPS) is 15.5. The third-order valence-corrected chi connectivity index (χ3v) is 4.70. The molecule has 1 aromatic carbocycles. The highest BCUT2D eigenvalue weighted by molar-refractivity contribution is 6.33. The van der Waals surface area contributed by atoms with Gasteiger partial charge in [0, 0.05) is 19.1 Å². The lowest BCUT2D eigenvalue weighted by molar-refractivity contribution is -0.139. The lowest BCUT2D eigenvalue weighted by Gasteiger charge is -2.37. The van der Waals surface area contributed by atoms with Crippen LogP contribution in [0.5, 0.6) is 0 Å². The van der Waals surface area contributed by atoms with Crippen LogP contribution in [0.15, 0.2) is 18.2 Å². The van der Waals surface area contributed by atoms with Crippen LogP contribution >= 0.6 is 24.0 Å². The number of anilines is 1. The van der Waals surface area contributed by atoms with Gasteiger partial charge in [0.15, 0.2) is 0 Å². The molecule has 146 valence electrons. The van der Waals surface area contributed by atoms with Crippen molar-refractivity contribution in [1.82, 2.24) is 9.80 Å². The van der Waals surface area contributed by atoms with E-state index in [9.17, 15) is 14.0 Å². The minimum atomic E-state index is -0.820. The van der Waals surface area contributed by atoms with Gasteiger partial charge in [-0.2, -0.15) is 0 Å². The average molecular weight is 408 g/mol. The summed E-state index contributed by atoms with van der Waals surface area (Å²) in [5.74, 6) is -1.48. The Labute approximate surface area is 163 Å². The van der Waals surface area contributed by atoms with Crippen LogP contribution in [0, 0.1) is 5.82 Å². The van der Waals surface area contributed by atoms with Gasteiger partial charge in [0.1, 0.15) is 5.82 Å². The van der Waals surface area contributed by atoms with E-state index in [0.717, 1.165) is 32.0 Å². The number of aliphatic carboxylic acids is 1. The van der Waals surface area contributed by atoms with E-state index in [1.54, 1.807) is 0 Å². The molecule has 0 saturated carbocycles. The van der Waals surface area contributed by atoms with Gasteiger partial charge in [-0.3, -0.25) is 19.4 Å². The Morgan fingerprint density at radius 2 is 2.04 bits per heavy atom. The van der Waals surface area contributed by atoms with Crippen LogP contribution in [-0.4, -0.2) is 65.5 Å². The molecule has 0 aromatic heterocycles. The van der Waals surface area contributed by atoms with Crippen LogP contribution in [0.25, 0.3) is 0 Å². The smallest absolute Gasteiger partial charge is 0.317 e. The number of likely N-dealkylation sites (tertiary alicyclic amines) is 1. The third-order valence-electron chi connectivity index (χ3n) is 4.39. The molecular formula is C17H24Cl2FN3O3. The van der Waals surface area contributed by atoms with Gasteiger partial charge in [-0.05, 0) is 37.6 Å². The van der Waals surface area contributed by atoms with Gasteiger partial charge in [0.25, 0.3) is 0 Å². The van der Waals surface area contributed by atoms with Crippen molar-refractivity contribution in [1.29, 1.82) is 0 Å². The number of carboxylic acid groups (broad SMARTS) is 1. The van der Waals surface area contributed by atoms with Gasteiger partial charge in [0.05, 0.1) is 23.8 Å². The molecule has 1 fully saturated rings. The summed E-state index contributed by atoms with van der Waals surface area (Å²) in [7, 11) is 0. The largest absolute Gasteiger partial charge is 0.480 e. The Hall–Kier alpha value is -1.41. The monoisotopic (exact) mass is 407 g/mol. The molecule has 1 heterocycles. The minimum absolute atomic E-state index is 0. The fourth-order valence-corrected chi connectivity index (χ4v) is 3.31. The molecule has 1 aliphatic heterocycles. The summed E-state index contributed by atoms with van der Waals surface area (Å²) in [6, 6.07) is 4.07. The molecule has 0 atom stereocenters. The Morgan fingerprint density at radius 1 is 1.38 bits per heavy atom. The number of carbonyl (C=O) groups is 2. The fraction of sp³-hybridized carbons (Fsp3) is 0.529. The first kappa shape index (κ1) is 22.6. The number of benzene rings is 1. The molecule has 26 heavy (non-hydrogen) atoms. The first-order valence-electron chi connectivity index (χ1n) is 8.32. The van der Waals surface area contributed by atoms with E-state index >= 15 is 0 Å². The predicted molar refractivity (Wildman–Crippen MR) is 102 cm³/mol. The third kappa shape index (κ3) is 6.72. The lowest BCUT2D eigenvalue weighted by Crippen LogP contribution is -2.48. The highest BCUT2D eigenvalue weighted by Crippen LogP contribution is 2.22. The molecule has 2 N–H and O–H groups in total. The number of halogens is 3. The van der Waals surface area contributed by atoms with Crippen molar-refractivity contribution >= 4 is 41.6 Å². The van der Waals surface area contributed by atoms with E-state index in [-0.39, 0.29) is 42.5 Å². The van der Waals surface area contributed by atoms with Gasteiger partial charge in [-0.1, -0.05) is 18.5 Å². The number of piperidine rings is 1. The van der Waals surface area contributed by atoms with Crippen LogP contribution < -0.4 is 5.32 Å². The molecular weight excluding hydrogens is 384 g/mol. The quantitative estimate of drug-likeness (QED) is 0.726. The zero-order valence-corrected chi connectivity index (χ0v) is 16.2. The van der Waals surface area contributed by atoms with Gasteiger partial charge in [-0.15, -0.1) is 12.4 Å². The summed E-state index contributed by atoms with van der Waals surface area (Å²) in [5.41, 5.74) is 0.390. The summed E-state index contributed by atoms with van der Waals surface area (Å²) in [4.78, 5) is 27.0. The van der Waals surface area contributed by atoms with Crippen molar-refractivity contribution in [3.8, 4) is 0 Å². The standard InChI is InChI=1S/C17H23ClFN3O3.ClH/c1-2-22(11-17(24)25)13-5-7-21(8-6-13)10-16(23)20-15-4-3-12(19)9-14(15)18;/h3-4,9,13H,2,5-8,10-11H2,1H3,(H,20,23)(H,24,25);1H. The highest BCUT2D eigenvalue weighted by atomic mass is 35.5. The molecule has 0 radical (unpaired) electrons. The van der Waals surface area contributed by atoms with Crippen molar-refractivity contribution in [2.24, 2.45) is 0 Å². The topological polar surface area (TPSA) is 72.9 Å². The predicted octanol–water partition coefficient (Wildman–Crippen LogP) is 2.71. The molecule has 0 unspecified atom stereocenters. The molecule has 0 aliphatic carbocycles. The van der Waals surface area contributed by atoms with Crippen molar-refractivity contribution < 1.29 is 19.1 Å². The number of rotatable bonds is 7. The van der Waals surface area contributed by atoms with Crippen LogP contribution in [0.1, 0.15) is 19.8 Å². The van der Waals surface area contributed by atoms with Gasteiger partial charge in [0.2, 0.25) is 5.91 Å². The maximum absolute atomic E-state index is 13.0. The van der Waals surface area contributed by atoms with Crippen LogP contribution in [0.3, 0.4) is 0 Å². The minimum Gasteiger partial charge on any atom is -0.480 e. The van der Waals surface area contributed by atoms with Crippen molar-refractivity contribution in [3.05, 3.63) is 29.0 Å². The molecule has 1 aliphatic rings. The second-order valence-corrected chi connectivity index (χ2v) is 6.54. The van der Waals surface area contributed by atoms with Crippen molar-refractivity contribution in [3.63, 3.8) is 0 Å². The number of hydrogen-bond acceptors (Lipinski definition) is 4. The fourth-order valence-electron chi connectivity index (χ4n) is 3.10. The summed E-state index contributed by atoms with van der Waals surface area (Å²) < 4.78 is 13.0. The first-order valence-corrected chi connectivity index (χ1v) is 8.70. The second-order valence-electron chi connectivity index (χ2n) is 6.14. The molecule has 1 saturated heterocycles. The Balaban J connectivity index is 0.00000338. The summed E-state index contributed by atoms with van der Waals surface area (Å²) in [6.07, 6.45) is 1.65. The Bertz CT molecular complexity index is 625. The highest BCUT2D eigenvalue weighted by Gasteiger charge is 2.25. The summed E-state index contributed by atoms with van der Waals surface area (Å²) in [5, 5.41) is 11.8. The van der Waals surface area contributed by atoms with Crippen molar-refractivity contribution in [2.45, 2.75) is 25.8 Å². The number of likely N-dealkylation sites (N-methyl/N-ethyl adjacent to an activating group) is 1. The van der Waals surface area contributed by atoms with Gasteiger partial charge in [-0.25, -0.2) is 4.39 Å². The van der Waals surface area contributed by atoms with Crippen molar-refractivity contribution in [2.75, 3.05) is 38.0 Å². The van der Waals surface area contributed by atoms with Gasteiger partial charge < -0.3 is 10.4 Å². The Morgan fingerprint density at radius 3 is 2.58 bits per heavy atom. The molecule has 0 bridgehead atoms. The molecule has 2 rings (SSSR count). The SMILES string of the molecule is CCN(CC(=O)O)C1CCN(CC(=O)Nc2ccc(F)cc2Cl)CC1.Cl. The Kier molecular flexibility index (Phi) is 9.29. The van der Waals surface area contributed by atoms with E-state index < -0.39 is 11.8 Å². The lowest BCUT2D eigenvalue weighted by atomic mass is 10.0. The molecule has 9 heteroatoms. The number of carboxylic acids is 1. The zero-order chi connectivity index (χ0) is 18.4. The molecule has 1 aromatic rings. The van der Waals surface area contributed by atoms with E-state index in [4.69, 9.17) is 16.7 Å². The average Bonchev–Trinajstić information content (AvgIpc) is 2.56. The molecule has 0 spiro atoms. The number of hydrogen-bond donors (Lipinski definition) is 2. The summed E-state index contributed by atoms with van der Waals surface area (Å²) in [6.45, 7) is 4.38. The number of carbonyl (C=O) groups excluding carboxylic acids is 1. The van der Waals surface area contributed by atoms with Crippen LogP contribution in [0.4, 0.5) is 10.1 Å². The maximum atomic E-state index is 13.0. The first-order chi connectivity index (χ1) is 11.9. The van der Waals surface area contributed by atoms with Gasteiger partial charge >= 0.3 is 5.97 Å².